The number of amides is 1. The van der Waals surface area contributed by atoms with Crippen molar-refractivity contribution in [2.75, 3.05) is 26.4 Å². The van der Waals surface area contributed by atoms with Gasteiger partial charge in [-0.1, -0.05) is 24.3 Å². The highest BCUT2D eigenvalue weighted by molar-refractivity contribution is 5.78. The summed E-state index contributed by atoms with van der Waals surface area (Å²) in [6.07, 6.45) is 3.53. The fraction of sp³-hybridized carbons (Fsp3) is 0.500. The summed E-state index contributed by atoms with van der Waals surface area (Å²) in [5.74, 6) is 0.690. The third kappa shape index (κ3) is 3.74. The number of carbonyl (C=O) groups is 1. The Morgan fingerprint density at radius 3 is 3.00 bits per heavy atom. The van der Waals surface area contributed by atoms with Crippen LogP contribution in [0.15, 0.2) is 43.0 Å². The van der Waals surface area contributed by atoms with Gasteiger partial charge in [-0.05, 0) is 25.0 Å². The van der Waals surface area contributed by atoms with Crippen LogP contribution < -0.4 is 4.74 Å². The minimum absolute atomic E-state index is 0.0148. The van der Waals surface area contributed by atoms with E-state index in [9.17, 15) is 4.79 Å². The smallest absolute Gasteiger partial charge is 0.260 e. The van der Waals surface area contributed by atoms with Crippen molar-refractivity contribution in [1.29, 1.82) is 0 Å². The molecule has 0 unspecified atom stereocenters. The summed E-state index contributed by atoms with van der Waals surface area (Å²) < 4.78 is 17.2. The molecule has 3 atom stereocenters. The van der Waals surface area contributed by atoms with Crippen LogP contribution in [0.5, 0.6) is 5.75 Å². The molecule has 0 spiro atoms. The van der Waals surface area contributed by atoms with Gasteiger partial charge >= 0.3 is 0 Å². The Hall–Kier alpha value is -1.85. The van der Waals surface area contributed by atoms with Crippen LogP contribution in [0.1, 0.15) is 12.8 Å². The van der Waals surface area contributed by atoms with E-state index in [1.54, 1.807) is 6.08 Å². The predicted octanol–water partition coefficient (Wildman–Crippen LogP) is 2.03. The van der Waals surface area contributed by atoms with E-state index in [1.165, 1.54) is 0 Å². The minimum Gasteiger partial charge on any atom is -0.484 e. The molecule has 3 rings (SSSR count). The molecule has 0 radical (unpaired) electrons. The maximum atomic E-state index is 12.6. The second-order valence-corrected chi connectivity index (χ2v) is 5.85. The highest BCUT2D eigenvalue weighted by Crippen LogP contribution is 2.30. The molecule has 0 aromatic heterocycles. The first-order valence-corrected chi connectivity index (χ1v) is 8.11. The molecule has 0 aliphatic carbocycles. The topological polar surface area (TPSA) is 48.0 Å². The molecule has 0 bridgehead atoms. The molecule has 2 saturated heterocycles. The van der Waals surface area contributed by atoms with Crippen LogP contribution in [0, 0.1) is 0 Å². The Labute approximate surface area is 136 Å². The van der Waals surface area contributed by atoms with Gasteiger partial charge in [0.1, 0.15) is 18.0 Å². The Bertz CT molecular complexity index is 533. The Morgan fingerprint density at radius 2 is 2.22 bits per heavy atom. The average molecular weight is 317 g/mol. The van der Waals surface area contributed by atoms with Gasteiger partial charge in [-0.25, -0.2) is 0 Å². The molecule has 2 aliphatic heterocycles. The maximum absolute atomic E-state index is 12.6. The second kappa shape index (κ2) is 7.62. The SMILES string of the molecule is C=CCO[C@@H]1CN(C(=O)COc2ccccc2)[C@@H]2CCCO[C@@H]21. The summed E-state index contributed by atoms with van der Waals surface area (Å²) in [6.45, 7) is 5.48. The van der Waals surface area contributed by atoms with Crippen molar-refractivity contribution < 1.29 is 19.0 Å². The van der Waals surface area contributed by atoms with Gasteiger partial charge in [-0.3, -0.25) is 4.79 Å². The molecule has 1 aromatic carbocycles. The minimum atomic E-state index is -0.0843. The van der Waals surface area contributed by atoms with Crippen LogP contribution in [0.25, 0.3) is 0 Å². The van der Waals surface area contributed by atoms with Gasteiger partial charge < -0.3 is 19.1 Å². The molecule has 1 aromatic rings. The lowest BCUT2D eigenvalue weighted by Crippen LogP contribution is -2.45. The van der Waals surface area contributed by atoms with Crippen molar-refractivity contribution in [1.82, 2.24) is 4.90 Å². The van der Waals surface area contributed by atoms with Gasteiger partial charge in [-0.2, -0.15) is 0 Å². The van der Waals surface area contributed by atoms with Crippen LogP contribution in [0.4, 0.5) is 0 Å². The fourth-order valence-electron chi connectivity index (χ4n) is 3.28. The lowest BCUT2D eigenvalue weighted by molar-refractivity contribution is -0.136. The molecular formula is C18H23NO4. The third-order valence-corrected chi connectivity index (χ3v) is 4.33. The molecule has 124 valence electrons. The second-order valence-electron chi connectivity index (χ2n) is 5.85. The molecule has 23 heavy (non-hydrogen) atoms. The summed E-state index contributed by atoms with van der Waals surface area (Å²) >= 11 is 0. The summed E-state index contributed by atoms with van der Waals surface area (Å²) in [5.41, 5.74) is 0. The largest absolute Gasteiger partial charge is 0.484 e. The normalized spacial score (nSPS) is 26.6. The highest BCUT2D eigenvalue weighted by atomic mass is 16.5. The predicted molar refractivity (Wildman–Crippen MR) is 86.3 cm³/mol. The number of benzene rings is 1. The molecule has 0 saturated carbocycles. The zero-order valence-corrected chi connectivity index (χ0v) is 13.2. The third-order valence-electron chi connectivity index (χ3n) is 4.33. The number of hydrogen-bond acceptors (Lipinski definition) is 4. The van der Waals surface area contributed by atoms with E-state index < -0.39 is 0 Å². The number of hydrogen-bond donors (Lipinski definition) is 0. The number of likely N-dealkylation sites (tertiary alicyclic amines) is 1. The van der Waals surface area contributed by atoms with Crippen molar-refractivity contribution in [2.45, 2.75) is 31.1 Å². The molecule has 1 amide bonds. The number of para-hydroxylation sites is 1. The Morgan fingerprint density at radius 1 is 1.39 bits per heavy atom. The fourth-order valence-corrected chi connectivity index (χ4v) is 3.28. The summed E-state index contributed by atoms with van der Waals surface area (Å²) in [5, 5.41) is 0. The number of nitrogens with zero attached hydrogens (tertiary/aromatic N) is 1. The van der Waals surface area contributed by atoms with Crippen LogP contribution in [0.2, 0.25) is 0 Å². The first kappa shape index (κ1) is 16.0. The molecule has 2 aliphatic rings. The molecule has 5 heteroatoms. The van der Waals surface area contributed by atoms with Gasteiger partial charge in [0, 0.05) is 6.61 Å². The van der Waals surface area contributed by atoms with Crippen LogP contribution in [0.3, 0.4) is 0 Å². The van der Waals surface area contributed by atoms with Crippen molar-refractivity contribution in [3.05, 3.63) is 43.0 Å². The monoisotopic (exact) mass is 317 g/mol. The van der Waals surface area contributed by atoms with Gasteiger partial charge in [0.25, 0.3) is 5.91 Å². The van der Waals surface area contributed by atoms with E-state index in [-0.39, 0.29) is 30.8 Å². The lowest BCUT2D eigenvalue weighted by Gasteiger charge is -2.32. The summed E-state index contributed by atoms with van der Waals surface area (Å²) in [6, 6.07) is 9.48. The number of ether oxygens (including phenoxy) is 3. The molecule has 5 nitrogen and oxygen atoms in total. The maximum Gasteiger partial charge on any atom is 0.260 e. The van der Waals surface area contributed by atoms with Gasteiger partial charge in [-0.15, -0.1) is 6.58 Å². The van der Waals surface area contributed by atoms with Gasteiger partial charge in [0.05, 0.1) is 19.2 Å². The highest BCUT2D eigenvalue weighted by Gasteiger charge is 2.46. The number of fused-ring (bicyclic) bond motifs is 1. The van der Waals surface area contributed by atoms with Crippen LogP contribution in [-0.2, 0) is 14.3 Å². The Balaban J connectivity index is 1.61. The lowest BCUT2D eigenvalue weighted by atomic mass is 10.0. The zero-order chi connectivity index (χ0) is 16.1. The Kier molecular flexibility index (Phi) is 5.31. The van der Waals surface area contributed by atoms with E-state index in [1.807, 2.05) is 35.2 Å². The number of carbonyl (C=O) groups excluding carboxylic acids is 1. The van der Waals surface area contributed by atoms with Gasteiger partial charge in [0.2, 0.25) is 0 Å². The first-order valence-electron chi connectivity index (χ1n) is 8.11. The zero-order valence-electron chi connectivity index (χ0n) is 13.2. The molecule has 2 heterocycles. The summed E-state index contributed by atoms with van der Waals surface area (Å²) in [7, 11) is 0. The van der Waals surface area contributed by atoms with Crippen molar-refractivity contribution >= 4 is 5.91 Å². The van der Waals surface area contributed by atoms with Crippen LogP contribution >= 0.6 is 0 Å². The quantitative estimate of drug-likeness (QED) is 0.753. The first-order chi connectivity index (χ1) is 11.3. The standard InChI is InChI=1S/C18H23NO4/c1-2-10-21-16-12-19(15-9-6-11-22-18(15)16)17(20)13-23-14-7-4-3-5-8-14/h2-5,7-8,15-16,18H,1,6,9-13H2/t15-,16-,18+/m1/s1. The number of rotatable bonds is 6. The molecule has 0 N–H and O–H groups in total. The van der Waals surface area contributed by atoms with Crippen molar-refractivity contribution in [3.63, 3.8) is 0 Å². The van der Waals surface area contributed by atoms with Crippen molar-refractivity contribution in [2.24, 2.45) is 0 Å². The van der Waals surface area contributed by atoms with E-state index in [2.05, 4.69) is 6.58 Å². The van der Waals surface area contributed by atoms with E-state index >= 15 is 0 Å². The van der Waals surface area contributed by atoms with Crippen LogP contribution in [-0.4, -0.2) is 55.4 Å². The van der Waals surface area contributed by atoms with E-state index in [4.69, 9.17) is 14.2 Å². The van der Waals surface area contributed by atoms with E-state index in [0.29, 0.717) is 18.9 Å². The molecular weight excluding hydrogens is 294 g/mol. The summed E-state index contributed by atoms with van der Waals surface area (Å²) in [4.78, 5) is 14.4. The average Bonchev–Trinajstić information content (AvgIpc) is 2.98. The van der Waals surface area contributed by atoms with Gasteiger partial charge in [0.15, 0.2) is 6.61 Å². The molecule has 2 fully saturated rings. The van der Waals surface area contributed by atoms with Crippen molar-refractivity contribution in [3.8, 4) is 5.75 Å². The van der Waals surface area contributed by atoms with E-state index in [0.717, 1.165) is 19.4 Å².